The van der Waals surface area contributed by atoms with Gasteiger partial charge in [0.2, 0.25) is 0 Å². The predicted molar refractivity (Wildman–Crippen MR) is 69.4 cm³/mol. The van der Waals surface area contributed by atoms with E-state index in [0.29, 0.717) is 22.8 Å². The van der Waals surface area contributed by atoms with Crippen LogP contribution in [0.3, 0.4) is 0 Å². The molecule has 1 aromatic rings. The van der Waals surface area contributed by atoms with Gasteiger partial charge in [-0.2, -0.15) is 18.4 Å². The van der Waals surface area contributed by atoms with Crippen LogP contribution in [-0.2, 0) is 6.18 Å². The van der Waals surface area contributed by atoms with Gasteiger partial charge in [0, 0.05) is 17.2 Å². The Balaban J connectivity index is 2.33. The number of nitriles is 1. The van der Waals surface area contributed by atoms with Crippen molar-refractivity contribution in [2.24, 2.45) is 0 Å². The maximum Gasteiger partial charge on any atom is 0.416 e. The Hall–Kier alpha value is -1.81. The first-order chi connectivity index (χ1) is 8.91. The molecule has 0 aliphatic carbocycles. The number of rotatable bonds is 2. The van der Waals surface area contributed by atoms with E-state index in [1.54, 1.807) is 0 Å². The van der Waals surface area contributed by atoms with Gasteiger partial charge in [0.15, 0.2) is 0 Å². The summed E-state index contributed by atoms with van der Waals surface area (Å²) in [5, 5.41) is 11.7. The van der Waals surface area contributed by atoms with E-state index in [1.165, 1.54) is 17.8 Å². The van der Waals surface area contributed by atoms with E-state index in [4.69, 9.17) is 11.0 Å². The number of nitrogens with two attached hydrogens (primary N) is 1. The number of hydrogen-bond donors (Lipinski definition) is 2. The predicted octanol–water partition coefficient (Wildman–Crippen LogP) is 3.22. The molecule has 0 aromatic heterocycles. The highest BCUT2D eigenvalue weighted by Crippen LogP contribution is 2.34. The van der Waals surface area contributed by atoms with Gasteiger partial charge >= 0.3 is 6.18 Å². The fraction of sp³-hybridized carbons (Fsp3) is 0.250. The largest absolute Gasteiger partial charge is 0.416 e. The number of nitrogen functional groups attached to an aromatic ring is 1. The monoisotopic (exact) mass is 285 g/mol. The molecule has 7 heteroatoms. The van der Waals surface area contributed by atoms with Crippen molar-refractivity contribution in [1.82, 2.24) is 0 Å². The summed E-state index contributed by atoms with van der Waals surface area (Å²) >= 11 is 1.53. The minimum Gasteiger partial charge on any atom is -0.397 e. The number of benzene rings is 1. The Kier molecular flexibility index (Phi) is 3.62. The smallest absolute Gasteiger partial charge is 0.397 e. The molecule has 100 valence electrons. The summed E-state index contributed by atoms with van der Waals surface area (Å²) in [6, 6.07) is 5.13. The van der Waals surface area contributed by atoms with Gasteiger partial charge in [0.05, 0.1) is 28.6 Å². The van der Waals surface area contributed by atoms with Crippen LogP contribution in [0.2, 0.25) is 0 Å². The molecule has 3 N–H and O–H groups in total. The first-order valence-electron chi connectivity index (χ1n) is 5.35. The van der Waals surface area contributed by atoms with Crippen molar-refractivity contribution in [3.8, 4) is 6.07 Å². The number of anilines is 2. The van der Waals surface area contributed by atoms with Crippen molar-refractivity contribution in [3.63, 3.8) is 0 Å². The lowest BCUT2D eigenvalue weighted by atomic mass is 10.1. The molecule has 0 saturated carbocycles. The number of hydrogen-bond acceptors (Lipinski definition) is 4. The van der Waals surface area contributed by atoms with Gasteiger partial charge in [-0.05, 0) is 18.2 Å². The van der Waals surface area contributed by atoms with Crippen LogP contribution in [0, 0.1) is 11.3 Å². The van der Waals surface area contributed by atoms with Crippen molar-refractivity contribution < 1.29 is 13.2 Å². The van der Waals surface area contributed by atoms with Gasteiger partial charge in [-0.3, -0.25) is 0 Å². The molecular formula is C12H10F3N3S. The summed E-state index contributed by atoms with van der Waals surface area (Å²) in [6.07, 6.45) is -4.42. The van der Waals surface area contributed by atoms with Crippen molar-refractivity contribution in [3.05, 3.63) is 35.0 Å². The standard InChI is InChI=1S/C12H10F3N3S/c13-12(14,15)8-1-2-9(17)10(3-8)18-11-6-19-5-7(11)4-16/h1-3,18H,5-6,17H2. The van der Waals surface area contributed by atoms with Crippen LogP contribution in [-0.4, -0.2) is 11.5 Å². The van der Waals surface area contributed by atoms with E-state index in [2.05, 4.69) is 5.32 Å². The Morgan fingerprint density at radius 1 is 1.32 bits per heavy atom. The van der Waals surface area contributed by atoms with Crippen molar-refractivity contribution >= 4 is 23.1 Å². The van der Waals surface area contributed by atoms with Gasteiger partial charge in [-0.25, -0.2) is 0 Å². The highest BCUT2D eigenvalue weighted by molar-refractivity contribution is 7.99. The van der Waals surface area contributed by atoms with E-state index in [0.717, 1.165) is 12.1 Å². The van der Waals surface area contributed by atoms with Crippen LogP contribution in [0.5, 0.6) is 0 Å². The van der Waals surface area contributed by atoms with Crippen LogP contribution in [0.1, 0.15) is 5.56 Å². The lowest BCUT2D eigenvalue weighted by Gasteiger charge is -2.13. The fourth-order valence-corrected chi connectivity index (χ4v) is 2.64. The molecule has 1 heterocycles. The topological polar surface area (TPSA) is 61.8 Å². The molecule has 0 bridgehead atoms. The molecule has 0 spiro atoms. The zero-order valence-corrected chi connectivity index (χ0v) is 10.5. The molecule has 0 unspecified atom stereocenters. The minimum absolute atomic E-state index is 0.181. The molecule has 1 aliphatic rings. The quantitative estimate of drug-likeness (QED) is 0.819. The lowest BCUT2D eigenvalue weighted by Crippen LogP contribution is -2.09. The fourth-order valence-electron chi connectivity index (χ4n) is 1.64. The number of nitrogens with one attached hydrogen (secondary N) is 1. The van der Waals surface area contributed by atoms with E-state index in [-0.39, 0.29) is 11.4 Å². The van der Waals surface area contributed by atoms with Crippen LogP contribution in [0.25, 0.3) is 0 Å². The van der Waals surface area contributed by atoms with Gasteiger partial charge in [0.25, 0.3) is 0 Å². The molecule has 0 saturated heterocycles. The van der Waals surface area contributed by atoms with E-state index < -0.39 is 11.7 Å². The Morgan fingerprint density at radius 2 is 2.05 bits per heavy atom. The Bertz CT molecular complexity index is 573. The Morgan fingerprint density at radius 3 is 2.68 bits per heavy atom. The molecular weight excluding hydrogens is 275 g/mol. The third-order valence-electron chi connectivity index (χ3n) is 2.66. The summed E-state index contributed by atoms with van der Waals surface area (Å²) in [4.78, 5) is 0. The molecule has 0 fully saturated rings. The molecule has 1 aromatic carbocycles. The number of nitrogens with zero attached hydrogens (tertiary/aromatic N) is 1. The van der Waals surface area contributed by atoms with Crippen molar-refractivity contribution in [2.75, 3.05) is 22.6 Å². The first kappa shape index (κ1) is 13.6. The van der Waals surface area contributed by atoms with Gasteiger partial charge < -0.3 is 11.1 Å². The van der Waals surface area contributed by atoms with Crippen LogP contribution >= 0.6 is 11.8 Å². The average Bonchev–Trinajstić information content (AvgIpc) is 2.77. The lowest BCUT2D eigenvalue weighted by molar-refractivity contribution is -0.137. The summed E-state index contributed by atoms with van der Waals surface area (Å²) in [7, 11) is 0. The second-order valence-corrected chi connectivity index (χ2v) is 4.97. The number of alkyl halides is 3. The molecule has 1 aliphatic heterocycles. The van der Waals surface area contributed by atoms with E-state index in [9.17, 15) is 13.2 Å². The van der Waals surface area contributed by atoms with E-state index >= 15 is 0 Å². The molecule has 19 heavy (non-hydrogen) atoms. The van der Waals surface area contributed by atoms with Gasteiger partial charge in [-0.1, -0.05) is 0 Å². The first-order valence-corrected chi connectivity index (χ1v) is 6.51. The minimum atomic E-state index is -4.42. The molecule has 0 radical (unpaired) electrons. The summed E-state index contributed by atoms with van der Waals surface area (Å²) in [6.45, 7) is 0. The Labute approximate surface area is 112 Å². The highest BCUT2D eigenvalue weighted by atomic mass is 32.2. The average molecular weight is 285 g/mol. The summed E-state index contributed by atoms with van der Waals surface area (Å²) in [5.41, 5.74) is 6.45. The second-order valence-electron chi connectivity index (χ2n) is 3.99. The summed E-state index contributed by atoms with van der Waals surface area (Å²) in [5.74, 6) is 1.14. The summed E-state index contributed by atoms with van der Waals surface area (Å²) < 4.78 is 37.9. The van der Waals surface area contributed by atoms with Gasteiger partial charge in [-0.15, -0.1) is 11.8 Å². The zero-order valence-electron chi connectivity index (χ0n) is 9.71. The number of thioether (sulfide) groups is 1. The third-order valence-corrected chi connectivity index (χ3v) is 3.64. The maximum absolute atomic E-state index is 12.6. The normalized spacial score (nSPS) is 15.5. The zero-order chi connectivity index (χ0) is 14.0. The van der Waals surface area contributed by atoms with Crippen LogP contribution in [0.4, 0.5) is 24.5 Å². The highest BCUT2D eigenvalue weighted by Gasteiger charge is 2.31. The van der Waals surface area contributed by atoms with Crippen molar-refractivity contribution in [1.29, 1.82) is 5.26 Å². The second kappa shape index (κ2) is 5.05. The third kappa shape index (κ3) is 2.96. The van der Waals surface area contributed by atoms with Crippen LogP contribution in [0.15, 0.2) is 29.5 Å². The maximum atomic E-state index is 12.6. The van der Waals surface area contributed by atoms with Crippen molar-refractivity contribution in [2.45, 2.75) is 6.18 Å². The molecule has 0 amide bonds. The van der Waals surface area contributed by atoms with E-state index in [1.807, 2.05) is 6.07 Å². The molecule has 2 rings (SSSR count). The molecule has 3 nitrogen and oxygen atoms in total. The molecule has 0 atom stereocenters. The van der Waals surface area contributed by atoms with Gasteiger partial charge in [0.1, 0.15) is 0 Å². The SMILES string of the molecule is N#CC1=C(Nc2cc(C(F)(F)F)ccc2N)CSC1. The van der Waals surface area contributed by atoms with Crippen LogP contribution < -0.4 is 11.1 Å². The number of halogens is 3.